The zero-order valence-corrected chi connectivity index (χ0v) is 15.4. The van der Waals surface area contributed by atoms with E-state index in [4.69, 9.17) is 9.47 Å². The lowest BCUT2D eigenvalue weighted by atomic mass is 10.2. The zero-order valence-electron chi connectivity index (χ0n) is 15.4. The second kappa shape index (κ2) is 8.27. The summed E-state index contributed by atoms with van der Waals surface area (Å²) in [5, 5.41) is 2.84. The van der Waals surface area contributed by atoms with Gasteiger partial charge in [-0.15, -0.1) is 0 Å². The molecule has 1 N–H and O–H groups in total. The van der Waals surface area contributed by atoms with Gasteiger partial charge in [-0.3, -0.25) is 4.79 Å². The predicted molar refractivity (Wildman–Crippen MR) is 101 cm³/mol. The van der Waals surface area contributed by atoms with Gasteiger partial charge < -0.3 is 14.8 Å². The van der Waals surface area contributed by atoms with Gasteiger partial charge >= 0.3 is 6.01 Å². The smallest absolute Gasteiger partial charge is 0.322 e. The number of carbonyl (C=O) groups is 1. The maximum atomic E-state index is 12.5. The van der Waals surface area contributed by atoms with Gasteiger partial charge in [0.2, 0.25) is 5.88 Å². The number of hydrogen-bond donors (Lipinski definition) is 1. The lowest BCUT2D eigenvalue weighted by molar-refractivity contribution is 0.102. The minimum absolute atomic E-state index is 0.233. The Morgan fingerprint density at radius 3 is 2.33 bits per heavy atom. The Morgan fingerprint density at radius 2 is 1.74 bits per heavy atom. The van der Waals surface area contributed by atoms with Gasteiger partial charge in [-0.25, -0.2) is 4.98 Å². The molecule has 0 bridgehead atoms. The van der Waals surface area contributed by atoms with E-state index in [9.17, 15) is 4.79 Å². The Kier molecular flexibility index (Phi) is 5.61. The molecule has 7 nitrogen and oxygen atoms in total. The van der Waals surface area contributed by atoms with Crippen LogP contribution in [0.3, 0.4) is 0 Å². The first-order valence-electron chi connectivity index (χ1n) is 8.55. The van der Waals surface area contributed by atoms with Crippen LogP contribution in [0.2, 0.25) is 0 Å². The highest BCUT2D eigenvalue weighted by atomic mass is 16.5. The van der Waals surface area contributed by atoms with Gasteiger partial charge in [0.15, 0.2) is 0 Å². The number of amides is 1. The third-order valence-electron chi connectivity index (χ3n) is 3.73. The molecule has 138 valence electrons. The maximum Gasteiger partial charge on any atom is 0.322 e. The van der Waals surface area contributed by atoms with Crippen molar-refractivity contribution < 1.29 is 14.3 Å². The van der Waals surface area contributed by atoms with Crippen molar-refractivity contribution in [2.45, 2.75) is 20.8 Å². The first-order valence-corrected chi connectivity index (χ1v) is 8.55. The molecule has 0 aliphatic heterocycles. The number of rotatable bonds is 6. The molecule has 0 aliphatic carbocycles. The fourth-order valence-corrected chi connectivity index (χ4v) is 2.44. The summed E-state index contributed by atoms with van der Waals surface area (Å²) in [6.07, 6.45) is 1.47. The molecule has 2 heterocycles. The summed E-state index contributed by atoms with van der Waals surface area (Å²) in [5.41, 5.74) is 2.19. The number of nitrogens with one attached hydrogen (secondary N) is 1. The van der Waals surface area contributed by atoms with E-state index in [1.165, 1.54) is 6.20 Å². The van der Waals surface area contributed by atoms with E-state index in [0.29, 0.717) is 40.9 Å². The number of pyridine rings is 1. The summed E-state index contributed by atoms with van der Waals surface area (Å²) in [6.45, 7) is 5.97. The van der Waals surface area contributed by atoms with Crippen LogP contribution in [0.5, 0.6) is 17.6 Å². The van der Waals surface area contributed by atoms with Gasteiger partial charge in [-0.1, -0.05) is 18.2 Å². The number of ether oxygens (including phenoxy) is 2. The number of aromatic nitrogens is 3. The summed E-state index contributed by atoms with van der Waals surface area (Å²) in [6, 6.07) is 12.8. The van der Waals surface area contributed by atoms with E-state index < -0.39 is 0 Å². The van der Waals surface area contributed by atoms with Gasteiger partial charge in [-0.05, 0) is 39.0 Å². The standard InChI is InChI=1S/C20H20N4O3/c1-4-26-17-11-10-15(12-21-17)19(25)24-18-13(2)22-20(23-14(18)3)27-16-8-6-5-7-9-16/h5-12H,4H2,1-3H3,(H,24,25). The Bertz CT molecular complexity index is 905. The summed E-state index contributed by atoms with van der Waals surface area (Å²) in [4.78, 5) is 25.2. The third kappa shape index (κ3) is 4.58. The van der Waals surface area contributed by atoms with Crippen LogP contribution < -0.4 is 14.8 Å². The molecule has 0 unspecified atom stereocenters. The van der Waals surface area contributed by atoms with E-state index >= 15 is 0 Å². The molecule has 0 spiro atoms. The third-order valence-corrected chi connectivity index (χ3v) is 3.73. The molecule has 0 fully saturated rings. The molecule has 27 heavy (non-hydrogen) atoms. The first kappa shape index (κ1) is 18.3. The lowest BCUT2D eigenvalue weighted by Gasteiger charge is -2.12. The Labute approximate surface area is 157 Å². The minimum atomic E-state index is -0.294. The quantitative estimate of drug-likeness (QED) is 0.713. The first-order chi connectivity index (χ1) is 13.1. The highest BCUT2D eigenvalue weighted by Crippen LogP contribution is 2.23. The van der Waals surface area contributed by atoms with Crippen molar-refractivity contribution in [2.75, 3.05) is 11.9 Å². The van der Waals surface area contributed by atoms with E-state index in [2.05, 4.69) is 20.3 Å². The van der Waals surface area contributed by atoms with Crippen LogP contribution in [0.4, 0.5) is 5.69 Å². The van der Waals surface area contributed by atoms with Crippen molar-refractivity contribution in [2.24, 2.45) is 0 Å². The van der Waals surface area contributed by atoms with Crippen LogP contribution in [-0.2, 0) is 0 Å². The molecule has 0 saturated carbocycles. The fourth-order valence-electron chi connectivity index (χ4n) is 2.44. The highest BCUT2D eigenvalue weighted by Gasteiger charge is 2.14. The minimum Gasteiger partial charge on any atom is -0.478 e. The number of carbonyl (C=O) groups excluding carboxylic acids is 1. The topological polar surface area (TPSA) is 86.2 Å². The normalized spacial score (nSPS) is 10.3. The molecule has 0 atom stereocenters. The zero-order chi connectivity index (χ0) is 19.2. The number of anilines is 1. The molecule has 1 amide bonds. The van der Waals surface area contributed by atoms with E-state index in [0.717, 1.165) is 0 Å². The average Bonchev–Trinajstić information content (AvgIpc) is 2.66. The highest BCUT2D eigenvalue weighted by molar-refractivity contribution is 6.04. The van der Waals surface area contributed by atoms with Gasteiger partial charge in [0, 0.05) is 12.3 Å². The van der Waals surface area contributed by atoms with Gasteiger partial charge in [0.25, 0.3) is 5.91 Å². The summed E-state index contributed by atoms with van der Waals surface area (Å²) in [5.74, 6) is 0.831. The van der Waals surface area contributed by atoms with Crippen LogP contribution in [0, 0.1) is 13.8 Å². The number of para-hydroxylation sites is 1. The van der Waals surface area contributed by atoms with Crippen LogP contribution in [-0.4, -0.2) is 27.5 Å². The van der Waals surface area contributed by atoms with Crippen LogP contribution in [0.25, 0.3) is 0 Å². The molecular weight excluding hydrogens is 344 g/mol. The fraction of sp³-hybridized carbons (Fsp3) is 0.200. The molecule has 0 saturated heterocycles. The second-order valence-corrected chi connectivity index (χ2v) is 5.74. The summed E-state index contributed by atoms with van der Waals surface area (Å²) in [7, 11) is 0. The molecule has 7 heteroatoms. The predicted octanol–water partition coefficient (Wildman–Crippen LogP) is 3.93. The molecule has 2 aromatic heterocycles. The van der Waals surface area contributed by atoms with Crippen molar-refractivity contribution in [3.63, 3.8) is 0 Å². The van der Waals surface area contributed by atoms with Crippen molar-refractivity contribution in [3.05, 3.63) is 65.6 Å². The monoisotopic (exact) mass is 364 g/mol. The van der Waals surface area contributed by atoms with Crippen LogP contribution in [0.15, 0.2) is 48.7 Å². The molecule has 0 aliphatic rings. The molecule has 3 aromatic rings. The Balaban J connectivity index is 1.75. The van der Waals surface area contributed by atoms with Crippen LogP contribution >= 0.6 is 0 Å². The molecular formula is C20H20N4O3. The summed E-state index contributed by atoms with van der Waals surface area (Å²) < 4.78 is 10.9. The number of nitrogens with zero attached hydrogens (tertiary/aromatic N) is 3. The maximum absolute atomic E-state index is 12.5. The van der Waals surface area contributed by atoms with Crippen molar-refractivity contribution in [1.82, 2.24) is 15.0 Å². The second-order valence-electron chi connectivity index (χ2n) is 5.74. The molecule has 3 rings (SSSR count). The van der Waals surface area contributed by atoms with Crippen molar-refractivity contribution >= 4 is 11.6 Å². The number of hydrogen-bond acceptors (Lipinski definition) is 6. The lowest BCUT2D eigenvalue weighted by Crippen LogP contribution is -2.15. The van der Waals surface area contributed by atoms with E-state index in [1.807, 2.05) is 37.3 Å². The van der Waals surface area contributed by atoms with Crippen molar-refractivity contribution in [1.29, 1.82) is 0 Å². The number of benzene rings is 1. The van der Waals surface area contributed by atoms with Crippen molar-refractivity contribution in [3.8, 4) is 17.6 Å². The Morgan fingerprint density at radius 1 is 1.04 bits per heavy atom. The molecule has 1 aromatic carbocycles. The van der Waals surface area contributed by atoms with Gasteiger partial charge in [0.1, 0.15) is 5.75 Å². The SMILES string of the molecule is CCOc1ccc(C(=O)Nc2c(C)nc(Oc3ccccc3)nc2C)cn1. The van der Waals surface area contributed by atoms with Gasteiger partial charge in [0.05, 0.1) is 29.2 Å². The van der Waals surface area contributed by atoms with E-state index in [1.54, 1.807) is 26.0 Å². The van der Waals surface area contributed by atoms with E-state index in [-0.39, 0.29) is 11.9 Å². The summed E-state index contributed by atoms with van der Waals surface area (Å²) >= 11 is 0. The Hall–Kier alpha value is -3.48. The number of aryl methyl sites for hydroxylation is 2. The largest absolute Gasteiger partial charge is 0.478 e. The van der Waals surface area contributed by atoms with Crippen LogP contribution in [0.1, 0.15) is 28.7 Å². The van der Waals surface area contributed by atoms with Gasteiger partial charge in [-0.2, -0.15) is 9.97 Å². The molecule has 0 radical (unpaired) electrons. The average molecular weight is 364 g/mol.